The van der Waals surface area contributed by atoms with E-state index in [0.29, 0.717) is 22.7 Å². The Bertz CT molecular complexity index is 1630. The molecule has 0 unspecified atom stereocenters. The normalized spacial score (nSPS) is 11.1. The summed E-state index contributed by atoms with van der Waals surface area (Å²) in [5.41, 5.74) is 3.69. The number of nitrogens with one attached hydrogen (secondary N) is 2. The first-order valence-electron chi connectivity index (χ1n) is 12.6. The maximum Gasteiger partial charge on any atom is 0.264 e. The van der Waals surface area contributed by atoms with Gasteiger partial charge in [0, 0.05) is 5.69 Å². The van der Waals surface area contributed by atoms with Gasteiger partial charge in [-0.1, -0.05) is 18.2 Å². The van der Waals surface area contributed by atoms with Crippen molar-refractivity contribution in [3.8, 4) is 11.5 Å². The van der Waals surface area contributed by atoms with Gasteiger partial charge in [-0.2, -0.15) is 5.10 Å². The first kappa shape index (κ1) is 29.7. The van der Waals surface area contributed by atoms with E-state index in [0.717, 1.165) is 4.31 Å². The predicted molar refractivity (Wildman–Crippen MR) is 157 cm³/mol. The minimum Gasteiger partial charge on any atom is -0.497 e. The maximum absolute atomic E-state index is 13.4. The van der Waals surface area contributed by atoms with Gasteiger partial charge in [0.05, 0.1) is 23.9 Å². The number of anilines is 2. The molecule has 0 saturated heterocycles. The number of hydrazone groups is 1. The Morgan fingerprint density at radius 1 is 0.857 bits per heavy atom. The highest BCUT2D eigenvalue weighted by atomic mass is 32.2. The molecule has 0 aliphatic heterocycles. The van der Waals surface area contributed by atoms with Crippen LogP contribution in [0.25, 0.3) is 0 Å². The van der Waals surface area contributed by atoms with E-state index in [1.54, 1.807) is 66.7 Å². The number of hydrogen-bond donors (Lipinski definition) is 2. The summed E-state index contributed by atoms with van der Waals surface area (Å²) in [6, 6.07) is 26.0. The summed E-state index contributed by atoms with van der Waals surface area (Å²) in [7, 11) is -2.56. The van der Waals surface area contributed by atoms with E-state index < -0.39 is 34.2 Å². The standard InChI is InChI=1S/C30H27FN4O6S/c1-40-26-17-13-25(14-18-26)35(42(38,39)28-5-3-2-4-6-28)20-29(36)34-32-19-22-7-15-27(16-8-22)41-21-30(37)33-24-11-9-23(31)10-12-24/h2-19H,20-21H2,1H3,(H,33,37)(H,34,36)/b32-19-. The molecule has 42 heavy (non-hydrogen) atoms. The largest absolute Gasteiger partial charge is 0.497 e. The first-order chi connectivity index (χ1) is 20.2. The molecule has 2 N–H and O–H groups in total. The molecule has 0 aliphatic rings. The van der Waals surface area contributed by atoms with Gasteiger partial charge in [0.15, 0.2) is 6.61 Å². The quantitative estimate of drug-likeness (QED) is 0.188. The smallest absolute Gasteiger partial charge is 0.264 e. The lowest BCUT2D eigenvalue weighted by Crippen LogP contribution is -2.39. The van der Waals surface area contributed by atoms with Crippen molar-refractivity contribution in [2.45, 2.75) is 4.90 Å². The molecule has 0 fully saturated rings. The van der Waals surface area contributed by atoms with Gasteiger partial charge in [0.1, 0.15) is 23.9 Å². The topological polar surface area (TPSA) is 126 Å². The SMILES string of the molecule is COc1ccc(N(CC(=O)N/N=C\c2ccc(OCC(=O)Nc3ccc(F)cc3)cc2)S(=O)(=O)c2ccccc2)cc1. The molecule has 0 aliphatic carbocycles. The van der Waals surface area contributed by atoms with Crippen LogP contribution in [0.1, 0.15) is 5.56 Å². The summed E-state index contributed by atoms with van der Waals surface area (Å²) >= 11 is 0. The third kappa shape index (κ3) is 8.15. The van der Waals surface area contributed by atoms with Crippen molar-refractivity contribution in [3.63, 3.8) is 0 Å². The summed E-state index contributed by atoms with van der Waals surface area (Å²) in [4.78, 5) is 24.8. The molecule has 4 aromatic carbocycles. The molecule has 0 bridgehead atoms. The predicted octanol–water partition coefficient (Wildman–Crippen LogP) is 4.20. The Balaban J connectivity index is 1.34. The van der Waals surface area contributed by atoms with Crippen molar-refractivity contribution in [1.82, 2.24) is 5.43 Å². The summed E-state index contributed by atoms with van der Waals surface area (Å²) < 4.78 is 51.3. The molecule has 216 valence electrons. The molecule has 2 amide bonds. The monoisotopic (exact) mass is 590 g/mol. The molecule has 0 heterocycles. The molecule has 10 nitrogen and oxygen atoms in total. The van der Waals surface area contributed by atoms with Gasteiger partial charge < -0.3 is 14.8 Å². The minimum absolute atomic E-state index is 0.0346. The summed E-state index contributed by atoms with van der Waals surface area (Å²) in [6.45, 7) is -0.773. The molecular weight excluding hydrogens is 563 g/mol. The Labute approximate surface area is 242 Å². The highest BCUT2D eigenvalue weighted by Gasteiger charge is 2.27. The first-order valence-corrected chi connectivity index (χ1v) is 14.0. The van der Waals surface area contributed by atoms with Gasteiger partial charge in [0.25, 0.3) is 21.8 Å². The van der Waals surface area contributed by atoms with Crippen LogP contribution >= 0.6 is 0 Å². The molecule has 0 saturated carbocycles. The van der Waals surface area contributed by atoms with E-state index in [1.165, 1.54) is 49.7 Å². The van der Waals surface area contributed by atoms with Crippen LogP contribution in [0.15, 0.2) is 113 Å². The zero-order valence-corrected chi connectivity index (χ0v) is 23.3. The van der Waals surface area contributed by atoms with E-state index in [-0.39, 0.29) is 17.2 Å². The van der Waals surface area contributed by atoms with Crippen molar-refractivity contribution in [2.24, 2.45) is 5.10 Å². The zero-order valence-electron chi connectivity index (χ0n) is 22.4. The average molecular weight is 591 g/mol. The van der Waals surface area contributed by atoms with E-state index in [2.05, 4.69) is 15.8 Å². The van der Waals surface area contributed by atoms with Crippen LogP contribution < -0.4 is 24.5 Å². The lowest BCUT2D eigenvalue weighted by atomic mass is 10.2. The second-order valence-corrected chi connectivity index (χ2v) is 10.6. The summed E-state index contributed by atoms with van der Waals surface area (Å²) in [6.07, 6.45) is 1.38. The van der Waals surface area contributed by atoms with E-state index >= 15 is 0 Å². The van der Waals surface area contributed by atoms with Gasteiger partial charge >= 0.3 is 0 Å². The Kier molecular flexibility index (Phi) is 9.85. The number of halogens is 1. The van der Waals surface area contributed by atoms with E-state index in [1.807, 2.05) is 0 Å². The van der Waals surface area contributed by atoms with Gasteiger partial charge in [-0.15, -0.1) is 0 Å². The van der Waals surface area contributed by atoms with Gasteiger partial charge in [-0.05, 0) is 90.5 Å². The molecule has 0 spiro atoms. The number of amides is 2. The van der Waals surface area contributed by atoms with Crippen LogP contribution in [-0.4, -0.2) is 46.7 Å². The molecule has 0 atom stereocenters. The maximum atomic E-state index is 13.4. The van der Waals surface area contributed by atoms with Crippen LogP contribution in [-0.2, 0) is 19.6 Å². The highest BCUT2D eigenvalue weighted by Crippen LogP contribution is 2.25. The Hall–Kier alpha value is -5.23. The number of carbonyl (C=O) groups is 2. The van der Waals surface area contributed by atoms with Gasteiger partial charge in [0.2, 0.25) is 0 Å². The Morgan fingerprint density at radius 2 is 1.50 bits per heavy atom. The zero-order chi connectivity index (χ0) is 30.0. The van der Waals surface area contributed by atoms with Gasteiger partial charge in [-0.25, -0.2) is 18.2 Å². The molecule has 12 heteroatoms. The van der Waals surface area contributed by atoms with Crippen LogP contribution in [0.4, 0.5) is 15.8 Å². The molecule has 4 rings (SSSR count). The molecule has 0 aromatic heterocycles. The molecule has 0 radical (unpaired) electrons. The van der Waals surface area contributed by atoms with Crippen LogP contribution in [0.2, 0.25) is 0 Å². The number of rotatable bonds is 12. The number of nitrogens with zero attached hydrogens (tertiary/aromatic N) is 2. The van der Waals surface area contributed by atoms with Crippen LogP contribution in [0.3, 0.4) is 0 Å². The van der Waals surface area contributed by atoms with Gasteiger partial charge in [-0.3, -0.25) is 13.9 Å². The van der Waals surface area contributed by atoms with Crippen molar-refractivity contribution < 1.29 is 31.9 Å². The fourth-order valence-corrected chi connectivity index (χ4v) is 5.10. The Morgan fingerprint density at radius 3 is 2.14 bits per heavy atom. The van der Waals surface area contributed by atoms with E-state index in [4.69, 9.17) is 9.47 Å². The lowest BCUT2D eigenvalue weighted by Gasteiger charge is -2.23. The van der Waals surface area contributed by atoms with Crippen molar-refractivity contribution in [3.05, 3.63) is 115 Å². The van der Waals surface area contributed by atoms with Crippen molar-refractivity contribution in [1.29, 1.82) is 0 Å². The number of sulfonamides is 1. The third-order valence-electron chi connectivity index (χ3n) is 5.76. The molecule has 4 aromatic rings. The van der Waals surface area contributed by atoms with E-state index in [9.17, 15) is 22.4 Å². The van der Waals surface area contributed by atoms with Crippen LogP contribution in [0.5, 0.6) is 11.5 Å². The van der Waals surface area contributed by atoms with Crippen molar-refractivity contribution >= 4 is 39.4 Å². The number of carbonyl (C=O) groups excluding carboxylic acids is 2. The molecular formula is C30H27FN4O6S. The lowest BCUT2D eigenvalue weighted by molar-refractivity contribution is -0.119. The number of benzene rings is 4. The second-order valence-electron chi connectivity index (χ2n) is 8.73. The fraction of sp³-hybridized carbons (Fsp3) is 0.100. The third-order valence-corrected chi connectivity index (χ3v) is 7.55. The minimum atomic E-state index is -4.06. The average Bonchev–Trinajstić information content (AvgIpc) is 3.01. The highest BCUT2D eigenvalue weighted by molar-refractivity contribution is 7.92. The number of ether oxygens (including phenoxy) is 2. The van der Waals surface area contributed by atoms with Crippen molar-refractivity contribution in [2.75, 3.05) is 29.9 Å². The van der Waals surface area contributed by atoms with Crippen LogP contribution in [0, 0.1) is 5.82 Å². The second kappa shape index (κ2) is 13.9. The number of hydrogen-bond acceptors (Lipinski definition) is 7. The number of methoxy groups -OCH3 is 1. The summed E-state index contributed by atoms with van der Waals surface area (Å²) in [5, 5.41) is 6.53. The fourth-order valence-electron chi connectivity index (χ4n) is 3.66. The summed E-state index contributed by atoms with van der Waals surface area (Å²) in [5.74, 6) is -0.512.